The van der Waals surface area contributed by atoms with Crippen LogP contribution in [0.1, 0.15) is 30.4 Å². The van der Waals surface area contributed by atoms with Gasteiger partial charge in [-0.1, -0.05) is 48.5 Å². The van der Waals surface area contributed by atoms with Crippen molar-refractivity contribution in [1.82, 2.24) is 14.5 Å². The SMILES string of the molecule is CN=C(NCc1ccc(S(=O)(=O)N2CCCC2)cc1)N1CC=C(c2ccccc2)CC1. The average molecular weight is 439 g/mol. The number of aliphatic imine (C=N–C) groups is 1. The highest BCUT2D eigenvalue weighted by Gasteiger charge is 2.26. The van der Waals surface area contributed by atoms with Crippen LogP contribution in [-0.2, 0) is 16.6 Å². The van der Waals surface area contributed by atoms with Crippen LogP contribution in [0.2, 0.25) is 0 Å². The molecule has 0 aliphatic carbocycles. The van der Waals surface area contributed by atoms with Crippen LogP contribution in [0.5, 0.6) is 0 Å². The number of hydrogen-bond donors (Lipinski definition) is 1. The minimum absolute atomic E-state index is 0.372. The molecular weight excluding hydrogens is 408 g/mol. The highest BCUT2D eigenvalue weighted by molar-refractivity contribution is 7.89. The van der Waals surface area contributed by atoms with E-state index in [2.05, 4.69) is 45.6 Å². The molecule has 164 valence electrons. The summed E-state index contributed by atoms with van der Waals surface area (Å²) in [5, 5.41) is 3.41. The van der Waals surface area contributed by atoms with Crippen LogP contribution in [-0.4, -0.2) is 56.8 Å². The number of benzene rings is 2. The summed E-state index contributed by atoms with van der Waals surface area (Å²) in [5.74, 6) is 0.858. The molecule has 2 heterocycles. The van der Waals surface area contributed by atoms with Crippen molar-refractivity contribution in [2.24, 2.45) is 4.99 Å². The van der Waals surface area contributed by atoms with Gasteiger partial charge in [-0.05, 0) is 48.1 Å². The summed E-state index contributed by atoms with van der Waals surface area (Å²) in [6.45, 7) is 3.57. The molecule has 0 spiro atoms. The molecule has 31 heavy (non-hydrogen) atoms. The van der Waals surface area contributed by atoms with E-state index < -0.39 is 10.0 Å². The molecule has 2 aliphatic rings. The van der Waals surface area contributed by atoms with Crippen LogP contribution in [0.4, 0.5) is 0 Å². The molecular formula is C24H30N4O2S. The van der Waals surface area contributed by atoms with Crippen LogP contribution < -0.4 is 5.32 Å². The maximum Gasteiger partial charge on any atom is 0.243 e. The zero-order chi connectivity index (χ0) is 21.7. The Labute approximate surface area is 185 Å². The quantitative estimate of drug-likeness (QED) is 0.574. The first-order valence-electron chi connectivity index (χ1n) is 10.9. The van der Waals surface area contributed by atoms with Gasteiger partial charge in [0, 0.05) is 39.8 Å². The Bertz CT molecular complexity index is 1040. The lowest BCUT2D eigenvalue weighted by Crippen LogP contribution is -2.43. The molecule has 0 atom stereocenters. The Kier molecular flexibility index (Phi) is 6.73. The van der Waals surface area contributed by atoms with E-state index in [0.717, 1.165) is 43.9 Å². The zero-order valence-electron chi connectivity index (χ0n) is 18.0. The van der Waals surface area contributed by atoms with E-state index in [-0.39, 0.29) is 0 Å². The summed E-state index contributed by atoms with van der Waals surface area (Å²) in [5.41, 5.74) is 3.69. The standard InChI is InChI=1S/C24H30N4O2S/c1-25-24(27-17-13-22(14-18-27)21-7-3-2-4-8-21)26-19-20-9-11-23(12-10-20)31(29,30)28-15-5-6-16-28/h2-4,7-13H,5-6,14-19H2,1H3,(H,25,26). The van der Waals surface area contributed by atoms with E-state index in [9.17, 15) is 8.42 Å². The van der Waals surface area contributed by atoms with Crippen molar-refractivity contribution in [1.29, 1.82) is 0 Å². The van der Waals surface area contributed by atoms with Crippen molar-refractivity contribution in [2.75, 3.05) is 33.2 Å². The lowest BCUT2D eigenvalue weighted by molar-refractivity contribution is 0.440. The molecule has 0 aromatic heterocycles. The van der Waals surface area contributed by atoms with Crippen molar-refractivity contribution < 1.29 is 8.42 Å². The highest BCUT2D eigenvalue weighted by atomic mass is 32.2. The normalized spacial score (nSPS) is 18.2. The van der Waals surface area contributed by atoms with Crippen molar-refractivity contribution in [2.45, 2.75) is 30.7 Å². The first kappa shape index (κ1) is 21.6. The van der Waals surface area contributed by atoms with E-state index in [1.54, 1.807) is 23.5 Å². The van der Waals surface area contributed by atoms with Gasteiger partial charge in [-0.2, -0.15) is 4.31 Å². The van der Waals surface area contributed by atoms with Crippen molar-refractivity contribution >= 4 is 21.6 Å². The predicted molar refractivity (Wildman–Crippen MR) is 125 cm³/mol. The highest BCUT2D eigenvalue weighted by Crippen LogP contribution is 2.23. The van der Waals surface area contributed by atoms with Crippen molar-refractivity contribution in [3.05, 3.63) is 71.8 Å². The number of nitrogens with zero attached hydrogens (tertiary/aromatic N) is 3. The van der Waals surface area contributed by atoms with Gasteiger partial charge in [-0.15, -0.1) is 0 Å². The molecule has 1 N–H and O–H groups in total. The molecule has 0 bridgehead atoms. The molecule has 1 fully saturated rings. The summed E-state index contributed by atoms with van der Waals surface area (Å²) < 4.78 is 26.9. The second kappa shape index (κ2) is 9.66. The molecule has 1 saturated heterocycles. The van der Waals surface area contributed by atoms with Gasteiger partial charge in [-0.3, -0.25) is 4.99 Å². The topological polar surface area (TPSA) is 65.0 Å². The van der Waals surface area contributed by atoms with Gasteiger partial charge in [0.15, 0.2) is 5.96 Å². The van der Waals surface area contributed by atoms with E-state index in [4.69, 9.17) is 0 Å². The van der Waals surface area contributed by atoms with Crippen LogP contribution >= 0.6 is 0 Å². The fourth-order valence-electron chi connectivity index (χ4n) is 4.15. The molecule has 6 nitrogen and oxygen atoms in total. The number of sulfonamides is 1. The van der Waals surface area contributed by atoms with Crippen LogP contribution in [0.25, 0.3) is 5.57 Å². The maximum absolute atomic E-state index is 12.7. The molecule has 2 aromatic rings. The molecule has 7 heteroatoms. The smallest absolute Gasteiger partial charge is 0.243 e. The third-order valence-corrected chi connectivity index (χ3v) is 7.85. The first-order valence-corrected chi connectivity index (χ1v) is 12.3. The van der Waals surface area contributed by atoms with Gasteiger partial charge in [-0.25, -0.2) is 8.42 Å². The fraction of sp³-hybridized carbons (Fsp3) is 0.375. The summed E-state index contributed by atoms with van der Waals surface area (Å²) >= 11 is 0. The van der Waals surface area contributed by atoms with Gasteiger partial charge in [0.05, 0.1) is 4.90 Å². The maximum atomic E-state index is 12.7. The van der Waals surface area contributed by atoms with Crippen LogP contribution in [0.3, 0.4) is 0 Å². The van der Waals surface area contributed by atoms with E-state index in [1.807, 2.05) is 18.2 Å². The molecule has 4 rings (SSSR count). The Morgan fingerprint density at radius 2 is 1.71 bits per heavy atom. The lowest BCUT2D eigenvalue weighted by Gasteiger charge is -2.30. The number of rotatable bonds is 5. The Balaban J connectivity index is 1.34. The first-order chi connectivity index (χ1) is 15.1. The van der Waals surface area contributed by atoms with Crippen LogP contribution in [0.15, 0.2) is 70.6 Å². The monoisotopic (exact) mass is 438 g/mol. The predicted octanol–water partition coefficient (Wildman–Crippen LogP) is 3.34. The second-order valence-corrected chi connectivity index (χ2v) is 9.89. The van der Waals surface area contributed by atoms with Gasteiger partial charge >= 0.3 is 0 Å². The zero-order valence-corrected chi connectivity index (χ0v) is 18.8. The van der Waals surface area contributed by atoms with Crippen molar-refractivity contribution in [3.63, 3.8) is 0 Å². The summed E-state index contributed by atoms with van der Waals surface area (Å²) in [6.07, 6.45) is 5.13. The van der Waals surface area contributed by atoms with Gasteiger partial charge in [0.25, 0.3) is 0 Å². The Morgan fingerprint density at radius 1 is 1.00 bits per heavy atom. The third kappa shape index (κ3) is 4.99. The molecule has 0 amide bonds. The molecule has 2 aliphatic heterocycles. The van der Waals surface area contributed by atoms with Crippen molar-refractivity contribution in [3.8, 4) is 0 Å². The van der Waals surface area contributed by atoms with E-state index >= 15 is 0 Å². The van der Waals surface area contributed by atoms with Gasteiger partial charge in [0.2, 0.25) is 10.0 Å². The van der Waals surface area contributed by atoms with E-state index in [0.29, 0.717) is 24.5 Å². The summed E-state index contributed by atoms with van der Waals surface area (Å²) in [6, 6.07) is 17.7. The fourth-order valence-corrected chi connectivity index (χ4v) is 5.66. The minimum Gasteiger partial charge on any atom is -0.352 e. The lowest BCUT2D eigenvalue weighted by atomic mass is 10.00. The molecule has 0 saturated carbocycles. The number of hydrogen-bond acceptors (Lipinski definition) is 3. The van der Waals surface area contributed by atoms with Crippen LogP contribution in [0, 0.1) is 0 Å². The largest absolute Gasteiger partial charge is 0.352 e. The van der Waals surface area contributed by atoms with E-state index in [1.165, 1.54) is 11.1 Å². The van der Waals surface area contributed by atoms with Gasteiger partial charge < -0.3 is 10.2 Å². The Morgan fingerprint density at radius 3 is 2.32 bits per heavy atom. The number of guanidine groups is 1. The molecule has 0 radical (unpaired) electrons. The molecule has 0 unspecified atom stereocenters. The summed E-state index contributed by atoms with van der Waals surface area (Å²) in [4.78, 5) is 7.04. The second-order valence-electron chi connectivity index (χ2n) is 7.95. The number of nitrogens with one attached hydrogen (secondary N) is 1. The Hall–Kier alpha value is -2.64. The summed E-state index contributed by atoms with van der Waals surface area (Å²) in [7, 11) is -1.57. The van der Waals surface area contributed by atoms with Gasteiger partial charge in [0.1, 0.15) is 0 Å². The molecule has 2 aromatic carbocycles. The third-order valence-electron chi connectivity index (χ3n) is 5.94. The minimum atomic E-state index is -3.36. The average Bonchev–Trinajstić information content (AvgIpc) is 3.37.